The molecule has 0 aliphatic carbocycles. The molecule has 2 N–H and O–H groups in total. The number of rotatable bonds is 3. The zero-order chi connectivity index (χ0) is 14.8. The molecule has 1 aromatic carbocycles. The Bertz CT molecular complexity index is 495. The molecule has 6 heteroatoms. The number of halogens is 1. The minimum absolute atomic E-state index is 0.0747. The summed E-state index contributed by atoms with van der Waals surface area (Å²) in [6.45, 7) is 6.36. The van der Waals surface area contributed by atoms with Crippen LogP contribution in [0.4, 0.5) is 11.4 Å². The van der Waals surface area contributed by atoms with Gasteiger partial charge in [0.2, 0.25) is 5.91 Å². The van der Waals surface area contributed by atoms with E-state index < -0.39 is 5.79 Å². The summed E-state index contributed by atoms with van der Waals surface area (Å²) in [5.74, 6) is -0.672. The third kappa shape index (κ3) is 4.10. The van der Waals surface area contributed by atoms with E-state index >= 15 is 0 Å². The fourth-order valence-electron chi connectivity index (χ4n) is 1.91. The largest absolute Gasteiger partial charge is 0.378 e. The standard InChI is InChI=1S/C14H19ClN2O3/c1-9(18)16-13-5-4-10(6-12(13)15)17-11-7-19-14(2,3)20-8-11/h4-6,11,17H,7-8H2,1-3H3,(H,16,18). The summed E-state index contributed by atoms with van der Waals surface area (Å²) in [7, 11) is 0. The van der Waals surface area contributed by atoms with Gasteiger partial charge in [-0.1, -0.05) is 11.6 Å². The molecular weight excluding hydrogens is 280 g/mol. The SMILES string of the molecule is CC(=O)Nc1ccc(NC2COC(C)(C)OC2)cc1Cl. The molecule has 20 heavy (non-hydrogen) atoms. The number of ether oxygens (including phenoxy) is 2. The van der Waals surface area contributed by atoms with Crippen molar-refractivity contribution >= 4 is 28.9 Å². The van der Waals surface area contributed by atoms with Crippen LogP contribution in [0.5, 0.6) is 0 Å². The van der Waals surface area contributed by atoms with E-state index in [1.165, 1.54) is 6.92 Å². The van der Waals surface area contributed by atoms with Crippen LogP contribution in [0, 0.1) is 0 Å². The Morgan fingerprint density at radius 1 is 1.35 bits per heavy atom. The molecule has 1 amide bonds. The molecule has 0 atom stereocenters. The van der Waals surface area contributed by atoms with Crippen molar-refractivity contribution in [3.8, 4) is 0 Å². The highest BCUT2D eigenvalue weighted by molar-refractivity contribution is 6.34. The van der Waals surface area contributed by atoms with Gasteiger partial charge >= 0.3 is 0 Å². The second-order valence-electron chi connectivity index (χ2n) is 5.24. The fourth-order valence-corrected chi connectivity index (χ4v) is 2.14. The molecule has 2 rings (SSSR count). The molecule has 0 aromatic heterocycles. The summed E-state index contributed by atoms with van der Waals surface area (Å²) in [5.41, 5.74) is 1.46. The quantitative estimate of drug-likeness (QED) is 0.901. The minimum Gasteiger partial charge on any atom is -0.378 e. The highest BCUT2D eigenvalue weighted by Gasteiger charge is 2.28. The summed E-state index contributed by atoms with van der Waals surface area (Å²) in [6, 6.07) is 5.47. The molecule has 1 saturated heterocycles. The van der Waals surface area contributed by atoms with Gasteiger partial charge in [-0.15, -0.1) is 0 Å². The molecule has 1 heterocycles. The van der Waals surface area contributed by atoms with Crippen LogP contribution in [-0.2, 0) is 14.3 Å². The van der Waals surface area contributed by atoms with Crippen molar-refractivity contribution in [3.05, 3.63) is 23.2 Å². The van der Waals surface area contributed by atoms with Gasteiger partial charge in [-0.25, -0.2) is 0 Å². The molecule has 0 unspecified atom stereocenters. The number of amides is 1. The predicted octanol–water partition coefficient (Wildman–Crippen LogP) is 2.86. The van der Waals surface area contributed by atoms with E-state index in [-0.39, 0.29) is 11.9 Å². The van der Waals surface area contributed by atoms with Crippen LogP contribution in [0.3, 0.4) is 0 Å². The van der Waals surface area contributed by atoms with E-state index in [0.29, 0.717) is 23.9 Å². The first-order chi connectivity index (χ1) is 9.35. The molecule has 1 aliphatic heterocycles. The zero-order valence-corrected chi connectivity index (χ0v) is 12.6. The number of benzene rings is 1. The average Bonchev–Trinajstić information content (AvgIpc) is 2.35. The van der Waals surface area contributed by atoms with E-state index in [0.717, 1.165) is 5.69 Å². The van der Waals surface area contributed by atoms with Crippen molar-refractivity contribution in [3.63, 3.8) is 0 Å². The normalized spacial score (nSPS) is 18.6. The van der Waals surface area contributed by atoms with Gasteiger partial charge in [-0.2, -0.15) is 0 Å². The maximum absolute atomic E-state index is 11.0. The lowest BCUT2D eigenvalue weighted by Crippen LogP contribution is -2.45. The average molecular weight is 299 g/mol. The summed E-state index contributed by atoms with van der Waals surface area (Å²) in [4.78, 5) is 11.0. The van der Waals surface area contributed by atoms with Gasteiger partial charge in [0.05, 0.1) is 30.0 Å². The fraction of sp³-hybridized carbons (Fsp3) is 0.500. The summed E-state index contributed by atoms with van der Waals surface area (Å²) in [6.07, 6.45) is 0. The summed E-state index contributed by atoms with van der Waals surface area (Å²) in [5, 5.41) is 6.45. The highest BCUT2D eigenvalue weighted by Crippen LogP contribution is 2.27. The second kappa shape index (κ2) is 5.99. The van der Waals surface area contributed by atoms with Crippen LogP contribution in [0.2, 0.25) is 5.02 Å². The van der Waals surface area contributed by atoms with Crippen molar-refractivity contribution in [2.24, 2.45) is 0 Å². The molecule has 0 radical (unpaired) electrons. The van der Waals surface area contributed by atoms with Crippen LogP contribution in [0.15, 0.2) is 18.2 Å². The number of hydrogen-bond donors (Lipinski definition) is 2. The van der Waals surface area contributed by atoms with Crippen LogP contribution in [0.25, 0.3) is 0 Å². The first-order valence-corrected chi connectivity index (χ1v) is 6.85. The maximum atomic E-state index is 11.0. The molecule has 1 fully saturated rings. The van der Waals surface area contributed by atoms with Gasteiger partial charge in [-0.05, 0) is 32.0 Å². The highest BCUT2D eigenvalue weighted by atomic mass is 35.5. The van der Waals surface area contributed by atoms with Gasteiger partial charge in [0.25, 0.3) is 0 Å². The maximum Gasteiger partial charge on any atom is 0.221 e. The number of carbonyl (C=O) groups excluding carboxylic acids is 1. The lowest BCUT2D eigenvalue weighted by Gasteiger charge is -2.35. The Labute approximate surface area is 123 Å². The van der Waals surface area contributed by atoms with Crippen molar-refractivity contribution < 1.29 is 14.3 Å². The summed E-state index contributed by atoms with van der Waals surface area (Å²) < 4.78 is 11.2. The molecule has 0 bridgehead atoms. The van der Waals surface area contributed by atoms with Gasteiger partial charge in [0.15, 0.2) is 5.79 Å². The van der Waals surface area contributed by atoms with Gasteiger partial charge < -0.3 is 20.1 Å². The van der Waals surface area contributed by atoms with Crippen LogP contribution < -0.4 is 10.6 Å². The smallest absolute Gasteiger partial charge is 0.221 e. The Balaban J connectivity index is 1.97. The Morgan fingerprint density at radius 3 is 2.55 bits per heavy atom. The molecule has 0 saturated carbocycles. The third-order valence-electron chi connectivity index (χ3n) is 2.91. The third-order valence-corrected chi connectivity index (χ3v) is 3.23. The molecule has 1 aliphatic rings. The monoisotopic (exact) mass is 298 g/mol. The Hall–Kier alpha value is -1.30. The molecule has 110 valence electrons. The predicted molar refractivity (Wildman–Crippen MR) is 79.1 cm³/mol. The van der Waals surface area contributed by atoms with Crippen LogP contribution in [-0.4, -0.2) is 30.9 Å². The van der Waals surface area contributed by atoms with E-state index in [1.54, 1.807) is 12.1 Å². The van der Waals surface area contributed by atoms with Gasteiger partial charge in [-0.3, -0.25) is 4.79 Å². The van der Waals surface area contributed by atoms with Gasteiger partial charge in [0.1, 0.15) is 0 Å². The van der Waals surface area contributed by atoms with Gasteiger partial charge in [0, 0.05) is 12.6 Å². The van der Waals surface area contributed by atoms with Crippen molar-refractivity contribution in [1.29, 1.82) is 0 Å². The zero-order valence-electron chi connectivity index (χ0n) is 11.8. The van der Waals surface area contributed by atoms with E-state index in [4.69, 9.17) is 21.1 Å². The van der Waals surface area contributed by atoms with Crippen LogP contribution in [0.1, 0.15) is 20.8 Å². The van der Waals surface area contributed by atoms with E-state index in [2.05, 4.69) is 10.6 Å². The summed E-state index contributed by atoms with van der Waals surface area (Å²) >= 11 is 6.12. The number of carbonyl (C=O) groups is 1. The Morgan fingerprint density at radius 2 is 2.00 bits per heavy atom. The van der Waals surface area contributed by atoms with Crippen molar-refractivity contribution in [2.75, 3.05) is 23.8 Å². The molecule has 5 nitrogen and oxygen atoms in total. The molecule has 0 spiro atoms. The minimum atomic E-state index is -0.523. The van der Waals surface area contributed by atoms with E-state index in [9.17, 15) is 4.79 Å². The lowest BCUT2D eigenvalue weighted by atomic mass is 10.2. The van der Waals surface area contributed by atoms with E-state index in [1.807, 2.05) is 19.9 Å². The molecular formula is C14H19ClN2O3. The topological polar surface area (TPSA) is 59.6 Å². The number of hydrogen-bond acceptors (Lipinski definition) is 4. The van der Waals surface area contributed by atoms with Crippen molar-refractivity contribution in [2.45, 2.75) is 32.6 Å². The van der Waals surface area contributed by atoms with Crippen LogP contribution >= 0.6 is 11.6 Å². The second-order valence-corrected chi connectivity index (χ2v) is 5.65. The molecule has 1 aromatic rings. The number of nitrogens with one attached hydrogen (secondary N) is 2. The first-order valence-electron chi connectivity index (χ1n) is 6.47. The van der Waals surface area contributed by atoms with Crippen molar-refractivity contribution in [1.82, 2.24) is 0 Å². The first kappa shape index (κ1) is 15.1. The Kier molecular flexibility index (Phi) is 4.52. The number of anilines is 2. The lowest BCUT2D eigenvalue weighted by molar-refractivity contribution is -0.247.